The van der Waals surface area contributed by atoms with Crippen LogP contribution in [0.5, 0.6) is 5.75 Å². The Morgan fingerprint density at radius 3 is 2.82 bits per heavy atom. The van der Waals surface area contributed by atoms with Gasteiger partial charge in [-0.1, -0.05) is 13.0 Å². The zero-order valence-electron chi connectivity index (χ0n) is 10.4. The second-order valence-corrected chi connectivity index (χ2v) is 4.70. The van der Waals surface area contributed by atoms with E-state index in [1.165, 1.54) is 24.0 Å². The van der Waals surface area contributed by atoms with Crippen LogP contribution in [0.25, 0.3) is 0 Å². The van der Waals surface area contributed by atoms with Gasteiger partial charge in [-0.2, -0.15) is 0 Å². The van der Waals surface area contributed by atoms with Crippen molar-refractivity contribution in [2.45, 2.75) is 44.8 Å². The summed E-state index contributed by atoms with van der Waals surface area (Å²) in [5, 5.41) is 9.28. The Labute approximate surface area is 103 Å². The highest BCUT2D eigenvalue weighted by molar-refractivity contribution is 5.38. The van der Waals surface area contributed by atoms with E-state index in [-0.39, 0.29) is 18.8 Å². The molecule has 94 valence electrons. The molecule has 0 radical (unpaired) electrons. The van der Waals surface area contributed by atoms with Gasteiger partial charge >= 0.3 is 0 Å². The normalized spacial score (nSPS) is 17.6. The summed E-state index contributed by atoms with van der Waals surface area (Å²) < 4.78 is 5.77. The number of aliphatic hydroxyl groups excluding tert-OH is 1. The minimum atomic E-state index is -0.306. The zero-order valence-corrected chi connectivity index (χ0v) is 10.4. The number of benzene rings is 1. The molecule has 3 N–H and O–H groups in total. The summed E-state index contributed by atoms with van der Waals surface area (Å²) in [6.45, 7) is 1.96. The second-order valence-electron chi connectivity index (χ2n) is 4.70. The topological polar surface area (TPSA) is 55.5 Å². The Kier molecular flexibility index (Phi) is 4.02. The zero-order chi connectivity index (χ0) is 12.3. The quantitative estimate of drug-likeness (QED) is 0.816. The monoisotopic (exact) mass is 235 g/mol. The largest absolute Gasteiger partial charge is 0.486 e. The summed E-state index contributed by atoms with van der Waals surface area (Å²) in [4.78, 5) is 0. The molecule has 0 amide bonds. The molecular formula is C14H21NO2. The number of rotatable bonds is 5. The number of aliphatic hydroxyl groups is 1. The number of aryl methyl sites for hydroxylation is 2. The minimum Gasteiger partial charge on any atom is -0.486 e. The standard InChI is InChI=1S/C14H21NO2/c1-2-13(15)14(9-16)17-12-7-6-10-4-3-5-11(10)8-12/h6-8,13-14,16H,2-5,9,15H2,1H3. The van der Waals surface area contributed by atoms with Gasteiger partial charge in [-0.25, -0.2) is 0 Å². The van der Waals surface area contributed by atoms with Crippen molar-refractivity contribution in [1.82, 2.24) is 0 Å². The van der Waals surface area contributed by atoms with E-state index in [1.807, 2.05) is 13.0 Å². The van der Waals surface area contributed by atoms with E-state index in [9.17, 15) is 5.11 Å². The second kappa shape index (κ2) is 5.52. The molecule has 0 fully saturated rings. The molecule has 2 atom stereocenters. The van der Waals surface area contributed by atoms with Gasteiger partial charge in [0.2, 0.25) is 0 Å². The molecule has 0 aromatic heterocycles. The molecule has 0 aliphatic heterocycles. The van der Waals surface area contributed by atoms with E-state index in [1.54, 1.807) is 0 Å². The van der Waals surface area contributed by atoms with Crippen LogP contribution in [-0.2, 0) is 12.8 Å². The van der Waals surface area contributed by atoms with Crippen molar-refractivity contribution < 1.29 is 9.84 Å². The first kappa shape index (κ1) is 12.4. The van der Waals surface area contributed by atoms with Crippen molar-refractivity contribution in [3.8, 4) is 5.75 Å². The molecule has 17 heavy (non-hydrogen) atoms. The smallest absolute Gasteiger partial charge is 0.137 e. The first-order valence-corrected chi connectivity index (χ1v) is 6.39. The summed E-state index contributed by atoms with van der Waals surface area (Å²) >= 11 is 0. The molecule has 2 unspecified atom stereocenters. The fourth-order valence-corrected chi connectivity index (χ4v) is 2.32. The SMILES string of the molecule is CCC(N)C(CO)Oc1ccc2c(c1)CCC2. The molecular weight excluding hydrogens is 214 g/mol. The minimum absolute atomic E-state index is 0.0356. The molecule has 0 heterocycles. The Hall–Kier alpha value is -1.06. The maximum atomic E-state index is 9.28. The van der Waals surface area contributed by atoms with Gasteiger partial charge in [-0.3, -0.25) is 0 Å². The molecule has 3 heteroatoms. The lowest BCUT2D eigenvalue weighted by Gasteiger charge is -2.22. The molecule has 1 aromatic carbocycles. The molecule has 0 spiro atoms. The summed E-state index contributed by atoms with van der Waals surface area (Å²) in [5.41, 5.74) is 8.71. The third kappa shape index (κ3) is 2.79. The maximum Gasteiger partial charge on any atom is 0.137 e. The lowest BCUT2D eigenvalue weighted by atomic mass is 10.1. The number of fused-ring (bicyclic) bond motifs is 1. The molecule has 1 aliphatic rings. The first-order chi connectivity index (χ1) is 8.24. The molecule has 2 rings (SSSR count). The average Bonchev–Trinajstić information content (AvgIpc) is 2.82. The summed E-state index contributed by atoms with van der Waals surface area (Å²) in [7, 11) is 0. The van der Waals surface area contributed by atoms with Crippen LogP contribution in [-0.4, -0.2) is 23.9 Å². The van der Waals surface area contributed by atoms with Gasteiger partial charge in [-0.15, -0.1) is 0 Å². The van der Waals surface area contributed by atoms with Crippen LogP contribution in [0, 0.1) is 0 Å². The highest BCUT2D eigenvalue weighted by Gasteiger charge is 2.18. The lowest BCUT2D eigenvalue weighted by molar-refractivity contribution is 0.0932. The molecule has 1 aromatic rings. The maximum absolute atomic E-state index is 9.28. The Balaban J connectivity index is 2.07. The van der Waals surface area contributed by atoms with Crippen LogP contribution in [0.1, 0.15) is 30.9 Å². The fourth-order valence-electron chi connectivity index (χ4n) is 2.32. The van der Waals surface area contributed by atoms with Crippen molar-refractivity contribution in [3.63, 3.8) is 0 Å². The van der Waals surface area contributed by atoms with E-state index in [0.717, 1.165) is 18.6 Å². The van der Waals surface area contributed by atoms with Crippen molar-refractivity contribution in [2.75, 3.05) is 6.61 Å². The van der Waals surface area contributed by atoms with Crippen LogP contribution in [0.4, 0.5) is 0 Å². The highest BCUT2D eigenvalue weighted by Crippen LogP contribution is 2.26. The number of hydrogen-bond acceptors (Lipinski definition) is 3. The van der Waals surface area contributed by atoms with Crippen molar-refractivity contribution in [1.29, 1.82) is 0 Å². The van der Waals surface area contributed by atoms with Gasteiger partial charge in [0.05, 0.1) is 6.61 Å². The summed E-state index contributed by atoms with van der Waals surface area (Å²) in [5.74, 6) is 0.827. The number of nitrogens with two attached hydrogens (primary N) is 1. The fraction of sp³-hybridized carbons (Fsp3) is 0.571. The lowest BCUT2D eigenvalue weighted by Crippen LogP contribution is -2.41. The van der Waals surface area contributed by atoms with E-state index in [2.05, 4.69) is 12.1 Å². The third-order valence-corrected chi connectivity index (χ3v) is 3.49. The van der Waals surface area contributed by atoms with E-state index in [0.29, 0.717) is 0 Å². The van der Waals surface area contributed by atoms with Crippen molar-refractivity contribution >= 4 is 0 Å². The summed E-state index contributed by atoms with van der Waals surface area (Å²) in [6.07, 6.45) is 4.04. The first-order valence-electron chi connectivity index (χ1n) is 6.39. The third-order valence-electron chi connectivity index (χ3n) is 3.49. The predicted molar refractivity (Wildman–Crippen MR) is 68.2 cm³/mol. The van der Waals surface area contributed by atoms with E-state index in [4.69, 9.17) is 10.5 Å². The highest BCUT2D eigenvalue weighted by atomic mass is 16.5. The van der Waals surface area contributed by atoms with Gasteiger partial charge in [0, 0.05) is 6.04 Å². The molecule has 3 nitrogen and oxygen atoms in total. The van der Waals surface area contributed by atoms with Gasteiger partial charge in [-0.05, 0) is 48.9 Å². The molecule has 0 saturated carbocycles. The van der Waals surface area contributed by atoms with Crippen LogP contribution in [0.3, 0.4) is 0 Å². The van der Waals surface area contributed by atoms with Crippen molar-refractivity contribution in [3.05, 3.63) is 29.3 Å². The molecule has 1 aliphatic carbocycles. The van der Waals surface area contributed by atoms with Crippen LogP contribution in [0.15, 0.2) is 18.2 Å². The van der Waals surface area contributed by atoms with Gasteiger partial charge in [0.25, 0.3) is 0 Å². The van der Waals surface area contributed by atoms with Gasteiger partial charge < -0.3 is 15.6 Å². The van der Waals surface area contributed by atoms with Crippen LogP contribution >= 0.6 is 0 Å². The Morgan fingerprint density at radius 2 is 2.12 bits per heavy atom. The van der Waals surface area contributed by atoms with Gasteiger partial charge in [0.1, 0.15) is 11.9 Å². The average molecular weight is 235 g/mol. The van der Waals surface area contributed by atoms with Crippen LogP contribution < -0.4 is 10.5 Å². The van der Waals surface area contributed by atoms with Crippen molar-refractivity contribution in [2.24, 2.45) is 5.73 Å². The Bertz CT molecular complexity index is 378. The van der Waals surface area contributed by atoms with Crippen LogP contribution in [0.2, 0.25) is 0 Å². The van der Waals surface area contributed by atoms with E-state index < -0.39 is 0 Å². The predicted octanol–water partition coefficient (Wildman–Crippen LogP) is 1.65. The number of hydrogen-bond donors (Lipinski definition) is 2. The number of ether oxygens (including phenoxy) is 1. The molecule has 0 bridgehead atoms. The summed E-state index contributed by atoms with van der Waals surface area (Å²) in [6, 6.07) is 6.08. The Morgan fingerprint density at radius 1 is 1.35 bits per heavy atom. The van der Waals surface area contributed by atoms with E-state index >= 15 is 0 Å². The van der Waals surface area contributed by atoms with Gasteiger partial charge in [0.15, 0.2) is 0 Å². The molecule has 0 saturated heterocycles.